The quantitative estimate of drug-likeness (QED) is 0.474. The van der Waals surface area contributed by atoms with Gasteiger partial charge in [0.25, 0.3) is 0 Å². The van der Waals surface area contributed by atoms with Gasteiger partial charge in [0.15, 0.2) is 12.2 Å². The molecule has 0 unspecified atom stereocenters. The van der Waals surface area contributed by atoms with E-state index in [-0.39, 0.29) is 0 Å². The van der Waals surface area contributed by atoms with E-state index in [0.29, 0.717) is 0 Å². The fraction of sp³-hybridized carbons (Fsp3) is 0.667. The number of nitriles is 1. The van der Waals surface area contributed by atoms with Gasteiger partial charge in [-0.1, -0.05) is 0 Å². The van der Waals surface area contributed by atoms with Crippen molar-refractivity contribution in [1.29, 1.82) is 5.26 Å². The maximum Gasteiger partial charge on any atom is 0.338 e. The number of hydrogen-bond acceptors (Lipinski definition) is 10. The summed E-state index contributed by atoms with van der Waals surface area (Å²) in [6.45, 7) is 3.41. The van der Waals surface area contributed by atoms with E-state index in [1.807, 2.05) is 0 Å². The maximum absolute atomic E-state index is 15.0. The molecule has 0 aromatic rings. The number of carbonyl (C=O) groups excluding carboxylic acids is 4. The van der Waals surface area contributed by atoms with Crippen LogP contribution in [-0.4, -0.2) is 60.8 Å². The Hall–Kier alpha value is -2.74. The highest BCUT2D eigenvalue weighted by Gasteiger charge is 2.61. The normalized spacial score (nSPS) is 30.5. The van der Waals surface area contributed by atoms with Crippen LogP contribution in [0.4, 0.5) is 4.39 Å². The molecule has 0 bridgehead atoms. The van der Waals surface area contributed by atoms with E-state index in [2.05, 4.69) is 0 Å². The Kier molecular flexibility index (Phi) is 7.02. The first-order chi connectivity index (χ1) is 12.0. The number of alkyl halides is 1. The second kappa shape index (κ2) is 8.57. The van der Waals surface area contributed by atoms with Crippen molar-refractivity contribution in [2.45, 2.75) is 58.0 Å². The largest absolute Gasteiger partial charge is 0.463 e. The van der Waals surface area contributed by atoms with Gasteiger partial charge in [0.2, 0.25) is 6.10 Å². The highest BCUT2D eigenvalue weighted by Crippen LogP contribution is 2.36. The van der Waals surface area contributed by atoms with Crippen LogP contribution in [0.5, 0.6) is 0 Å². The predicted octanol–water partition coefficient (Wildman–Crippen LogP) is -0.0672. The van der Waals surface area contributed by atoms with Crippen molar-refractivity contribution < 1.29 is 47.3 Å². The van der Waals surface area contributed by atoms with E-state index in [9.17, 15) is 23.6 Å². The van der Waals surface area contributed by atoms with Gasteiger partial charge in [-0.3, -0.25) is 19.2 Å². The maximum atomic E-state index is 15.0. The van der Waals surface area contributed by atoms with Gasteiger partial charge >= 0.3 is 29.7 Å². The highest BCUT2D eigenvalue weighted by atomic mass is 19.2. The second-order valence-corrected chi connectivity index (χ2v) is 5.39. The minimum atomic E-state index is -3.24. The second-order valence-electron chi connectivity index (χ2n) is 5.39. The SMILES string of the molecule is CC(=O)OC[C@H]1O[C@@](F)(C#N)[C@H](OC(C)=O)[C@@H](OC(C)=O)[C@H]1OC(C)=O. The van der Waals surface area contributed by atoms with Gasteiger partial charge in [0, 0.05) is 27.7 Å². The van der Waals surface area contributed by atoms with E-state index >= 15 is 0 Å². The molecule has 0 amide bonds. The summed E-state index contributed by atoms with van der Waals surface area (Å²) in [6, 6.07) is 1.19. The van der Waals surface area contributed by atoms with Crippen molar-refractivity contribution in [3.05, 3.63) is 0 Å². The van der Waals surface area contributed by atoms with E-state index in [0.717, 1.165) is 27.7 Å². The fourth-order valence-electron chi connectivity index (χ4n) is 2.34. The van der Waals surface area contributed by atoms with Crippen molar-refractivity contribution in [3.63, 3.8) is 0 Å². The Morgan fingerprint density at radius 3 is 1.88 bits per heavy atom. The summed E-state index contributed by atoms with van der Waals surface area (Å²) < 4.78 is 39.4. The molecule has 1 heterocycles. The fourth-order valence-corrected chi connectivity index (χ4v) is 2.34. The molecule has 0 aliphatic carbocycles. The summed E-state index contributed by atoms with van der Waals surface area (Å²) in [4.78, 5) is 45.1. The van der Waals surface area contributed by atoms with Crippen LogP contribution >= 0.6 is 0 Å². The third-order valence-electron chi connectivity index (χ3n) is 3.18. The molecule has 5 atom stereocenters. The van der Waals surface area contributed by atoms with Crippen LogP contribution in [0.2, 0.25) is 0 Å². The van der Waals surface area contributed by atoms with E-state index in [1.165, 1.54) is 6.07 Å². The number of esters is 4. The van der Waals surface area contributed by atoms with Gasteiger partial charge in [-0.25, -0.2) is 0 Å². The molecule has 11 heteroatoms. The molecule has 1 aliphatic rings. The molecule has 0 aromatic heterocycles. The van der Waals surface area contributed by atoms with Crippen LogP contribution in [0.15, 0.2) is 0 Å². The lowest BCUT2D eigenvalue weighted by Gasteiger charge is -2.44. The average molecular weight is 375 g/mol. The molecule has 0 saturated carbocycles. The zero-order valence-electron chi connectivity index (χ0n) is 14.5. The number of ether oxygens (including phenoxy) is 5. The number of rotatable bonds is 5. The van der Waals surface area contributed by atoms with Crippen LogP contribution in [-0.2, 0) is 42.9 Å². The highest BCUT2D eigenvalue weighted by molar-refractivity contribution is 5.69. The number of nitrogens with zero attached hydrogens (tertiary/aromatic N) is 1. The summed E-state index contributed by atoms with van der Waals surface area (Å²) in [5.74, 6) is -6.75. The molecule has 1 fully saturated rings. The lowest BCUT2D eigenvalue weighted by atomic mass is 9.93. The zero-order chi connectivity index (χ0) is 20.1. The minimum absolute atomic E-state index is 0.606. The molecule has 144 valence electrons. The first-order valence-electron chi connectivity index (χ1n) is 7.43. The Morgan fingerprint density at radius 2 is 1.46 bits per heavy atom. The number of carbonyl (C=O) groups is 4. The third kappa shape index (κ3) is 5.38. The molecular weight excluding hydrogens is 357 g/mol. The number of halogens is 1. The van der Waals surface area contributed by atoms with Gasteiger partial charge in [-0.15, -0.1) is 0 Å². The van der Waals surface area contributed by atoms with Crippen molar-refractivity contribution in [2.24, 2.45) is 0 Å². The van der Waals surface area contributed by atoms with E-state index in [4.69, 9.17) is 28.9 Å². The molecule has 0 radical (unpaired) electrons. The van der Waals surface area contributed by atoms with E-state index in [1.54, 1.807) is 0 Å². The lowest BCUT2D eigenvalue weighted by Crippen LogP contribution is -2.66. The predicted molar refractivity (Wildman–Crippen MR) is 77.6 cm³/mol. The van der Waals surface area contributed by atoms with Gasteiger partial charge in [-0.2, -0.15) is 9.65 Å². The Labute approximate surface area is 148 Å². The van der Waals surface area contributed by atoms with Crippen LogP contribution in [0.1, 0.15) is 27.7 Å². The molecule has 0 aromatic carbocycles. The molecule has 0 N–H and O–H groups in total. The molecule has 26 heavy (non-hydrogen) atoms. The Bertz CT molecular complexity index is 631. The van der Waals surface area contributed by atoms with Gasteiger partial charge < -0.3 is 23.7 Å². The third-order valence-corrected chi connectivity index (χ3v) is 3.18. The molecule has 1 rings (SSSR count). The van der Waals surface area contributed by atoms with Crippen molar-refractivity contribution >= 4 is 23.9 Å². The summed E-state index contributed by atoms with van der Waals surface area (Å²) in [7, 11) is 0. The first kappa shape index (κ1) is 21.3. The van der Waals surface area contributed by atoms with Crippen LogP contribution in [0.3, 0.4) is 0 Å². The van der Waals surface area contributed by atoms with Gasteiger partial charge in [-0.05, 0) is 0 Å². The van der Waals surface area contributed by atoms with Crippen LogP contribution in [0, 0.1) is 11.3 Å². The first-order valence-corrected chi connectivity index (χ1v) is 7.43. The van der Waals surface area contributed by atoms with Crippen LogP contribution < -0.4 is 0 Å². The van der Waals surface area contributed by atoms with Crippen molar-refractivity contribution in [3.8, 4) is 6.07 Å². The monoisotopic (exact) mass is 375 g/mol. The molecular formula is C15H18FNO9. The van der Waals surface area contributed by atoms with Gasteiger partial charge in [0.1, 0.15) is 18.8 Å². The van der Waals surface area contributed by atoms with Crippen molar-refractivity contribution in [1.82, 2.24) is 0 Å². The topological polar surface area (TPSA) is 138 Å². The molecule has 1 aliphatic heterocycles. The summed E-state index contributed by atoms with van der Waals surface area (Å²) in [5, 5.41) is 9.15. The number of hydrogen-bond donors (Lipinski definition) is 0. The standard InChI is InChI=1S/C15H18FNO9/c1-7(18)22-5-11-12(23-8(2)19)13(24-9(3)20)14(25-10(4)21)15(16,6-17)26-11/h11-14H,5H2,1-4H3/t11-,12+,13+,14-,15+/m1/s1. The average Bonchev–Trinajstić information content (AvgIpc) is 2.50. The smallest absolute Gasteiger partial charge is 0.338 e. The molecule has 10 nitrogen and oxygen atoms in total. The van der Waals surface area contributed by atoms with Crippen molar-refractivity contribution in [2.75, 3.05) is 6.61 Å². The summed E-state index contributed by atoms with van der Waals surface area (Å²) >= 11 is 0. The molecule has 0 spiro atoms. The summed E-state index contributed by atoms with van der Waals surface area (Å²) in [6.07, 6.45) is -6.74. The van der Waals surface area contributed by atoms with Crippen LogP contribution in [0.25, 0.3) is 0 Å². The minimum Gasteiger partial charge on any atom is -0.463 e. The van der Waals surface area contributed by atoms with Gasteiger partial charge in [0.05, 0.1) is 0 Å². The lowest BCUT2D eigenvalue weighted by molar-refractivity contribution is -0.304. The Balaban J connectivity index is 3.35. The Morgan fingerprint density at radius 1 is 0.962 bits per heavy atom. The summed E-state index contributed by atoms with van der Waals surface area (Å²) in [5.41, 5.74) is 0. The molecule has 1 saturated heterocycles. The van der Waals surface area contributed by atoms with E-state index < -0.39 is 60.8 Å². The zero-order valence-corrected chi connectivity index (χ0v) is 14.5.